The minimum atomic E-state index is -0.981. The number of rotatable bonds is 2. The van der Waals surface area contributed by atoms with Gasteiger partial charge in [0.2, 0.25) is 0 Å². The Bertz CT molecular complexity index is 159. The first-order valence-electron chi connectivity index (χ1n) is 3.61. The van der Waals surface area contributed by atoms with Gasteiger partial charge in [-0.3, -0.25) is 4.79 Å². The fourth-order valence-corrected chi connectivity index (χ4v) is 0. The van der Waals surface area contributed by atoms with Crippen LogP contribution < -0.4 is 0 Å². The number of hydrogen-bond donors (Lipinski definition) is 4. The lowest BCUT2D eigenvalue weighted by atomic mass is 10.5. The van der Waals surface area contributed by atoms with Crippen molar-refractivity contribution in [2.75, 3.05) is 6.61 Å². The Labute approximate surface area is 82.1 Å². The molecule has 0 saturated carbocycles. The zero-order valence-corrected chi connectivity index (χ0v) is 8.17. The lowest BCUT2D eigenvalue weighted by molar-refractivity contribution is -0.134. The van der Waals surface area contributed by atoms with Crippen molar-refractivity contribution < 1.29 is 30.0 Å². The maximum atomic E-state index is 9.25. The fourth-order valence-electron chi connectivity index (χ4n) is 0. The van der Waals surface area contributed by atoms with Crippen LogP contribution in [0.15, 0.2) is 12.7 Å². The van der Waals surface area contributed by atoms with E-state index in [1.54, 1.807) is 0 Å². The van der Waals surface area contributed by atoms with Crippen molar-refractivity contribution in [3.8, 4) is 0 Å². The lowest BCUT2D eigenvalue weighted by Crippen LogP contribution is -2.03. The molecule has 0 aromatic heterocycles. The van der Waals surface area contributed by atoms with Gasteiger partial charge in [0, 0.05) is 13.0 Å². The normalized spacial score (nSPS) is 9.43. The van der Waals surface area contributed by atoms with E-state index in [2.05, 4.69) is 6.58 Å². The van der Waals surface area contributed by atoms with Gasteiger partial charge in [0.1, 0.15) is 0 Å². The quantitative estimate of drug-likeness (QED) is 0.463. The first kappa shape index (κ1) is 18.4. The molecular formula is C8H16O6. The number of aliphatic hydroxyl groups excluding tert-OH is 2. The summed E-state index contributed by atoms with van der Waals surface area (Å²) < 4.78 is 0. The van der Waals surface area contributed by atoms with Crippen LogP contribution >= 0.6 is 0 Å². The molecule has 0 heterocycles. The maximum Gasteiger partial charge on any atom is 0.327 e. The molecule has 0 amide bonds. The van der Waals surface area contributed by atoms with Gasteiger partial charge in [-0.15, -0.1) is 0 Å². The standard InChI is InChI=1S/C3H8O2.C3H4O2.C2H4O2/c1-3(5)2-4;1-2-3(4)5;1-2(3)4/h3-5H,2H2,1H3;2H,1H2,(H,4,5);1H3,(H,3,4). The van der Waals surface area contributed by atoms with Gasteiger partial charge in [-0.05, 0) is 6.92 Å². The van der Waals surface area contributed by atoms with Crippen LogP contribution in [0.25, 0.3) is 0 Å². The summed E-state index contributed by atoms with van der Waals surface area (Å²) in [4.78, 5) is 18.2. The van der Waals surface area contributed by atoms with Gasteiger partial charge >= 0.3 is 5.97 Å². The molecule has 1 unspecified atom stereocenters. The lowest BCUT2D eigenvalue weighted by Gasteiger charge is -1.90. The summed E-state index contributed by atoms with van der Waals surface area (Å²) in [5.41, 5.74) is 0. The molecule has 6 heteroatoms. The van der Waals surface area contributed by atoms with Crippen molar-refractivity contribution in [3.05, 3.63) is 12.7 Å². The van der Waals surface area contributed by atoms with Crippen LogP contribution in [0.3, 0.4) is 0 Å². The van der Waals surface area contributed by atoms with Gasteiger partial charge in [-0.2, -0.15) is 0 Å². The Balaban J connectivity index is -0.000000131. The highest BCUT2D eigenvalue weighted by Crippen LogP contribution is 1.68. The molecule has 0 fully saturated rings. The summed E-state index contributed by atoms with van der Waals surface area (Å²) in [5, 5.41) is 31.0. The number of carboxylic acids is 2. The molecule has 0 aliphatic carbocycles. The highest BCUT2D eigenvalue weighted by molar-refractivity contribution is 5.78. The number of aliphatic carboxylic acids is 2. The van der Waals surface area contributed by atoms with Gasteiger partial charge in [0.05, 0.1) is 12.7 Å². The highest BCUT2D eigenvalue weighted by Gasteiger charge is 1.83. The molecule has 0 rings (SSSR count). The van der Waals surface area contributed by atoms with Crippen molar-refractivity contribution in [1.29, 1.82) is 0 Å². The minimum Gasteiger partial charge on any atom is -0.481 e. The van der Waals surface area contributed by atoms with Crippen molar-refractivity contribution in [3.63, 3.8) is 0 Å². The van der Waals surface area contributed by atoms with Crippen LogP contribution in [0, 0.1) is 0 Å². The summed E-state index contributed by atoms with van der Waals surface area (Å²) in [6, 6.07) is 0. The van der Waals surface area contributed by atoms with E-state index >= 15 is 0 Å². The molecule has 4 N–H and O–H groups in total. The SMILES string of the molecule is C=CC(=O)O.CC(=O)O.CC(O)CO. The summed E-state index contributed by atoms with van der Waals surface area (Å²) in [5.74, 6) is -1.81. The minimum absolute atomic E-state index is 0.139. The zero-order chi connectivity index (χ0) is 12.1. The molecular weight excluding hydrogens is 192 g/mol. The number of carbonyl (C=O) groups is 2. The zero-order valence-electron chi connectivity index (χ0n) is 8.17. The molecule has 1 atom stereocenters. The molecule has 14 heavy (non-hydrogen) atoms. The van der Waals surface area contributed by atoms with Gasteiger partial charge in [-0.25, -0.2) is 4.79 Å². The molecule has 0 spiro atoms. The third-order valence-electron chi connectivity index (χ3n) is 0.439. The second-order valence-corrected chi connectivity index (χ2v) is 2.09. The van der Waals surface area contributed by atoms with Crippen LogP contribution in [-0.2, 0) is 9.59 Å². The first-order chi connectivity index (χ1) is 6.27. The molecule has 0 aliphatic heterocycles. The van der Waals surface area contributed by atoms with Crippen molar-refractivity contribution >= 4 is 11.9 Å². The molecule has 0 aliphatic rings. The molecule has 0 bridgehead atoms. The summed E-state index contributed by atoms with van der Waals surface area (Å²) in [6.07, 6.45) is 0.273. The van der Waals surface area contributed by atoms with E-state index in [9.17, 15) is 4.79 Å². The average Bonchev–Trinajstić information content (AvgIpc) is 2.04. The molecule has 6 nitrogen and oxygen atoms in total. The van der Waals surface area contributed by atoms with E-state index in [0.29, 0.717) is 0 Å². The van der Waals surface area contributed by atoms with E-state index < -0.39 is 18.0 Å². The van der Waals surface area contributed by atoms with Gasteiger partial charge in [0.15, 0.2) is 0 Å². The summed E-state index contributed by atoms with van der Waals surface area (Å²) in [7, 11) is 0. The fraction of sp³-hybridized carbons (Fsp3) is 0.500. The second-order valence-electron chi connectivity index (χ2n) is 2.09. The molecule has 0 radical (unpaired) electrons. The Morgan fingerprint density at radius 3 is 1.57 bits per heavy atom. The predicted molar refractivity (Wildman–Crippen MR) is 49.9 cm³/mol. The number of carboxylic acid groups (broad SMARTS) is 2. The monoisotopic (exact) mass is 208 g/mol. The van der Waals surface area contributed by atoms with Crippen molar-refractivity contribution in [2.24, 2.45) is 0 Å². The van der Waals surface area contributed by atoms with Crippen LogP contribution in [-0.4, -0.2) is 45.1 Å². The van der Waals surface area contributed by atoms with Crippen molar-refractivity contribution in [2.45, 2.75) is 20.0 Å². The molecule has 0 saturated heterocycles. The Kier molecular flexibility index (Phi) is 18.6. The second kappa shape index (κ2) is 14.1. The van der Waals surface area contributed by atoms with E-state index in [4.69, 9.17) is 25.2 Å². The first-order valence-corrected chi connectivity index (χ1v) is 3.61. The third-order valence-corrected chi connectivity index (χ3v) is 0.439. The Morgan fingerprint density at radius 1 is 1.43 bits per heavy atom. The topological polar surface area (TPSA) is 115 Å². The largest absolute Gasteiger partial charge is 0.481 e. The smallest absolute Gasteiger partial charge is 0.327 e. The van der Waals surface area contributed by atoms with E-state index in [0.717, 1.165) is 13.0 Å². The number of hydrogen-bond acceptors (Lipinski definition) is 4. The molecule has 0 aromatic rings. The predicted octanol–water partition coefficient (Wildman–Crippen LogP) is -0.293. The molecule has 0 aromatic carbocycles. The van der Waals surface area contributed by atoms with Crippen LogP contribution in [0.2, 0.25) is 0 Å². The van der Waals surface area contributed by atoms with Crippen LogP contribution in [0.4, 0.5) is 0 Å². The van der Waals surface area contributed by atoms with Gasteiger partial charge < -0.3 is 20.4 Å². The van der Waals surface area contributed by atoms with E-state index in [1.807, 2.05) is 0 Å². The maximum absolute atomic E-state index is 9.25. The Hall–Kier alpha value is -1.40. The van der Waals surface area contributed by atoms with Gasteiger partial charge in [-0.1, -0.05) is 6.58 Å². The Morgan fingerprint density at radius 2 is 1.57 bits per heavy atom. The highest BCUT2D eigenvalue weighted by atomic mass is 16.4. The summed E-state index contributed by atoms with van der Waals surface area (Å²) in [6.45, 7) is 5.43. The van der Waals surface area contributed by atoms with Gasteiger partial charge in [0.25, 0.3) is 5.97 Å². The number of aliphatic hydroxyl groups is 2. The average molecular weight is 208 g/mol. The van der Waals surface area contributed by atoms with E-state index in [-0.39, 0.29) is 6.61 Å². The van der Waals surface area contributed by atoms with Crippen molar-refractivity contribution in [1.82, 2.24) is 0 Å². The molecule has 84 valence electrons. The van der Waals surface area contributed by atoms with E-state index in [1.165, 1.54) is 6.92 Å². The van der Waals surface area contributed by atoms with Crippen LogP contribution in [0.5, 0.6) is 0 Å². The summed E-state index contributed by atoms with van der Waals surface area (Å²) >= 11 is 0. The van der Waals surface area contributed by atoms with Crippen LogP contribution in [0.1, 0.15) is 13.8 Å². The third kappa shape index (κ3) is 145.